The van der Waals surface area contributed by atoms with Gasteiger partial charge in [-0.15, -0.1) is 0 Å². The quantitative estimate of drug-likeness (QED) is 0.767. The van der Waals surface area contributed by atoms with E-state index in [1.54, 1.807) is 18.2 Å². The Balaban J connectivity index is 2.06. The Morgan fingerprint density at radius 1 is 1.22 bits per heavy atom. The molecule has 18 heavy (non-hydrogen) atoms. The molecule has 0 aromatic heterocycles. The van der Waals surface area contributed by atoms with Gasteiger partial charge in [0.25, 0.3) is 0 Å². The number of benzene rings is 1. The highest BCUT2D eigenvalue weighted by atomic mass is 35.5. The fourth-order valence-electron chi connectivity index (χ4n) is 2.13. The van der Waals surface area contributed by atoms with Crippen LogP contribution < -0.4 is 11.1 Å². The van der Waals surface area contributed by atoms with Gasteiger partial charge in [-0.05, 0) is 25.0 Å². The zero-order valence-corrected chi connectivity index (χ0v) is 11.0. The number of hydrogen-bond donors (Lipinski definition) is 2. The van der Waals surface area contributed by atoms with Crippen molar-refractivity contribution in [3.8, 4) is 0 Å². The van der Waals surface area contributed by atoms with E-state index in [4.69, 9.17) is 17.3 Å². The lowest BCUT2D eigenvalue weighted by molar-refractivity contribution is 0.214. The highest BCUT2D eigenvalue weighted by molar-refractivity contribution is 6.34. The van der Waals surface area contributed by atoms with Crippen molar-refractivity contribution in [1.82, 2.24) is 4.90 Å². The first-order chi connectivity index (χ1) is 8.68. The monoisotopic (exact) mass is 267 g/mol. The van der Waals surface area contributed by atoms with Crippen molar-refractivity contribution >= 4 is 29.0 Å². The molecule has 0 aliphatic carbocycles. The molecule has 2 amide bonds. The number of rotatable bonds is 1. The molecule has 0 atom stereocenters. The summed E-state index contributed by atoms with van der Waals surface area (Å²) in [7, 11) is 0. The molecule has 0 radical (unpaired) electrons. The summed E-state index contributed by atoms with van der Waals surface area (Å²) >= 11 is 6.03. The Labute approximate surface area is 112 Å². The van der Waals surface area contributed by atoms with Crippen molar-refractivity contribution < 1.29 is 4.79 Å². The van der Waals surface area contributed by atoms with Crippen LogP contribution in [0.25, 0.3) is 0 Å². The van der Waals surface area contributed by atoms with Crippen molar-refractivity contribution in [2.45, 2.75) is 25.7 Å². The standard InChI is InChI=1S/C13H18ClN3O/c14-10-6-5-7-11(15)12(10)16-13(18)17-8-3-1-2-4-9-17/h5-7H,1-4,8-9,15H2,(H,16,18). The van der Waals surface area contributed by atoms with Crippen LogP contribution in [0.1, 0.15) is 25.7 Å². The molecule has 0 bridgehead atoms. The summed E-state index contributed by atoms with van der Waals surface area (Å²) in [5.74, 6) is 0. The van der Waals surface area contributed by atoms with Crippen molar-refractivity contribution in [2.24, 2.45) is 0 Å². The minimum Gasteiger partial charge on any atom is -0.397 e. The Kier molecular flexibility index (Phi) is 4.31. The molecule has 0 unspecified atom stereocenters. The van der Waals surface area contributed by atoms with E-state index >= 15 is 0 Å². The average Bonchev–Trinajstić information content (AvgIpc) is 2.62. The maximum atomic E-state index is 12.1. The zero-order chi connectivity index (χ0) is 13.0. The number of para-hydroxylation sites is 1. The lowest BCUT2D eigenvalue weighted by atomic mass is 10.2. The molecule has 2 rings (SSSR count). The van der Waals surface area contributed by atoms with Gasteiger partial charge >= 0.3 is 6.03 Å². The normalized spacial score (nSPS) is 16.2. The molecule has 3 N–H and O–H groups in total. The molecular weight excluding hydrogens is 250 g/mol. The topological polar surface area (TPSA) is 58.4 Å². The average molecular weight is 268 g/mol. The summed E-state index contributed by atoms with van der Waals surface area (Å²) in [5, 5.41) is 3.28. The van der Waals surface area contributed by atoms with Crippen LogP contribution in [0.4, 0.5) is 16.2 Å². The first kappa shape index (κ1) is 13.0. The highest BCUT2D eigenvalue weighted by Gasteiger charge is 2.17. The van der Waals surface area contributed by atoms with E-state index in [0.29, 0.717) is 16.4 Å². The summed E-state index contributed by atoms with van der Waals surface area (Å²) in [4.78, 5) is 14.0. The number of halogens is 1. The maximum Gasteiger partial charge on any atom is 0.321 e. The number of carbonyl (C=O) groups excluding carboxylic acids is 1. The van der Waals surface area contributed by atoms with E-state index in [-0.39, 0.29) is 6.03 Å². The van der Waals surface area contributed by atoms with Crippen LogP contribution in [0.15, 0.2) is 18.2 Å². The summed E-state index contributed by atoms with van der Waals surface area (Å²) < 4.78 is 0. The van der Waals surface area contributed by atoms with E-state index in [0.717, 1.165) is 25.9 Å². The highest BCUT2D eigenvalue weighted by Crippen LogP contribution is 2.28. The number of urea groups is 1. The molecule has 1 fully saturated rings. The fourth-order valence-corrected chi connectivity index (χ4v) is 2.36. The summed E-state index contributed by atoms with van der Waals surface area (Å²) in [5.41, 5.74) is 6.81. The minimum absolute atomic E-state index is 0.114. The van der Waals surface area contributed by atoms with Crippen LogP contribution in [-0.2, 0) is 0 Å². The number of nitrogen functional groups attached to an aromatic ring is 1. The van der Waals surface area contributed by atoms with Crippen LogP contribution in [0.5, 0.6) is 0 Å². The molecule has 1 aromatic carbocycles. The van der Waals surface area contributed by atoms with Gasteiger partial charge in [0.2, 0.25) is 0 Å². The third kappa shape index (κ3) is 3.07. The Morgan fingerprint density at radius 3 is 2.50 bits per heavy atom. The van der Waals surface area contributed by atoms with E-state index in [1.165, 1.54) is 12.8 Å². The Morgan fingerprint density at radius 2 is 1.89 bits per heavy atom. The summed E-state index contributed by atoms with van der Waals surface area (Å²) in [6.45, 7) is 1.60. The smallest absolute Gasteiger partial charge is 0.321 e. The van der Waals surface area contributed by atoms with Crippen LogP contribution >= 0.6 is 11.6 Å². The first-order valence-electron chi connectivity index (χ1n) is 6.28. The third-order valence-electron chi connectivity index (χ3n) is 3.17. The molecule has 1 aliphatic rings. The molecule has 4 nitrogen and oxygen atoms in total. The van der Waals surface area contributed by atoms with Gasteiger partial charge in [-0.25, -0.2) is 4.79 Å². The number of likely N-dealkylation sites (tertiary alicyclic amines) is 1. The molecular formula is C13H18ClN3O. The molecule has 5 heteroatoms. The second-order valence-corrected chi connectivity index (χ2v) is 4.94. The lowest BCUT2D eigenvalue weighted by Crippen LogP contribution is -2.35. The predicted molar refractivity (Wildman–Crippen MR) is 74.9 cm³/mol. The van der Waals surface area contributed by atoms with Crippen molar-refractivity contribution in [3.05, 3.63) is 23.2 Å². The molecule has 98 valence electrons. The number of amides is 2. The minimum atomic E-state index is -0.114. The van der Waals surface area contributed by atoms with Gasteiger partial charge in [-0.2, -0.15) is 0 Å². The molecule has 1 aliphatic heterocycles. The summed E-state index contributed by atoms with van der Waals surface area (Å²) in [6, 6.07) is 5.09. The zero-order valence-electron chi connectivity index (χ0n) is 10.3. The van der Waals surface area contributed by atoms with Crippen LogP contribution in [0.3, 0.4) is 0 Å². The molecule has 0 spiro atoms. The van der Waals surface area contributed by atoms with Crippen LogP contribution in [0, 0.1) is 0 Å². The van der Waals surface area contributed by atoms with Gasteiger partial charge in [-0.3, -0.25) is 0 Å². The second-order valence-electron chi connectivity index (χ2n) is 4.54. The number of nitrogens with one attached hydrogen (secondary N) is 1. The Bertz CT molecular complexity index is 408. The van der Waals surface area contributed by atoms with E-state index in [1.807, 2.05) is 4.90 Å². The van der Waals surface area contributed by atoms with Gasteiger partial charge in [0, 0.05) is 13.1 Å². The molecule has 0 saturated carbocycles. The van der Waals surface area contributed by atoms with E-state index < -0.39 is 0 Å². The number of carbonyl (C=O) groups is 1. The van der Waals surface area contributed by atoms with Gasteiger partial charge in [-0.1, -0.05) is 30.5 Å². The number of nitrogens with zero attached hydrogens (tertiary/aromatic N) is 1. The fraction of sp³-hybridized carbons (Fsp3) is 0.462. The van der Waals surface area contributed by atoms with Gasteiger partial charge in [0.05, 0.1) is 16.4 Å². The first-order valence-corrected chi connectivity index (χ1v) is 6.66. The number of hydrogen-bond acceptors (Lipinski definition) is 2. The van der Waals surface area contributed by atoms with Gasteiger partial charge in [0.1, 0.15) is 0 Å². The SMILES string of the molecule is Nc1cccc(Cl)c1NC(=O)N1CCCCCC1. The molecule has 1 aromatic rings. The molecule has 1 heterocycles. The number of nitrogens with two attached hydrogens (primary N) is 1. The lowest BCUT2D eigenvalue weighted by Gasteiger charge is -2.21. The van der Waals surface area contributed by atoms with Gasteiger partial charge in [0.15, 0.2) is 0 Å². The Hall–Kier alpha value is -1.42. The van der Waals surface area contributed by atoms with Crippen molar-refractivity contribution in [3.63, 3.8) is 0 Å². The maximum absolute atomic E-state index is 12.1. The second kappa shape index (κ2) is 5.96. The van der Waals surface area contributed by atoms with Gasteiger partial charge < -0.3 is 16.0 Å². The van der Waals surface area contributed by atoms with Crippen molar-refractivity contribution in [2.75, 3.05) is 24.1 Å². The van der Waals surface area contributed by atoms with Crippen LogP contribution in [-0.4, -0.2) is 24.0 Å². The largest absolute Gasteiger partial charge is 0.397 e. The van der Waals surface area contributed by atoms with E-state index in [9.17, 15) is 4.79 Å². The number of anilines is 2. The van der Waals surface area contributed by atoms with E-state index in [2.05, 4.69) is 5.32 Å². The summed E-state index contributed by atoms with van der Waals surface area (Å²) in [6.07, 6.45) is 4.51. The van der Waals surface area contributed by atoms with Crippen LogP contribution in [0.2, 0.25) is 5.02 Å². The van der Waals surface area contributed by atoms with Crippen molar-refractivity contribution in [1.29, 1.82) is 0 Å². The molecule has 1 saturated heterocycles. The third-order valence-corrected chi connectivity index (χ3v) is 3.49. The predicted octanol–water partition coefficient (Wildman–Crippen LogP) is 3.33.